The Balaban J connectivity index is 1.82. The molecule has 0 amide bonds. The van der Waals surface area contributed by atoms with Crippen molar-refractivity contribution in [3.05, 3.63) is 11.6 Å². The fraction of sp³-hybridized carbons (Fsp3) is 0.583. The third-order valence-electron chi connectivity index (χ3n) is 3.41. The second kappa shape index (κ2) is 5.30. The Hall–Kier alpha value is -1.40. The molecule has 102 valence electrons. The molecule has 19 heavy (non-hydrogen) atoms. The van der Waals surface area contributed by atoms with Gasteiger partial charge in [0.25, 0.3) is 0 Å². The van der Waals surface area contributed by atoms with E-state index in [0.717, 1.165) is 25.7 Å². The SMILES string of the molecule is COC1CCCC(Oc2nc(Cl)nc3nc[nH]c23)C1. The number of nitrogens with one attached hydrogen (secondary N) is 1. The number of halogens is 1. The Labute approximate surface area is 115 Å². The smallest absolute Gasteiger partial charge is 0.244 e. The van der Waals surface area contributed by atoms with E-state index in [1.165, 1.54) is 0 Å². The van der Waals surface area contributed by atoms with Gasteiger partial charge in [0.05, 0.1) is 12.4 Å². The van der Waals surface area contributed by atoms with Gasteiger partial charge in [0.15, 0.2) is 5.65 Å². The summed E-state index contributed by atoms with van der Waals surface area (Å²) in [5, 5.41) is 0.147. The number of imidazole rings is 1. The normalized spacial score (nSPS) is 23.7. The number of H-pyrrole nitrogens is 1. The summed E-state index contributed by atoms with van der Waals surface area (Å²) in [5.74, 6) is 0.467. The zero-order chi connectivity index (χ0) is 13.2. The van der Waals surface area contributed by atoms with Crippen molar-refractivity contribution >= 4 is 22.8 Å². The summed E-state index contributed by atoms with van der Waals surface area (Å²) in [6, 6.07) is 0. The molecule has 2 atom stereocenters. The van der Waals surface area contributed by atoms with Crippen LogP contribution in [0, 0.1) is 0 Å². The Morgan fingerprint density at radius 2 is 2.16 bits per heavy atom. The Bertz CT molecular complexity index is 574. The van der Waals surface area contributed by atoms with Crippen molar-refractivity contribution in [2.45, 2.75) is 37.9 Å². The van der Waals surface area contributed by atoms with Gasteiger partial charge < -0.3 is 14.5 Å². The molecule has 2 aromatic rings. The molecule has 1 saturated carbocycles. The standard InChI is InChI=1S/C12H15ClN4O2/c1-18-7-3-2-4-8(5-7)19-11-9-10(15-6-14-9)16-12(13)17-11/h6-8H,2-5H2,1H3,(H,14,15,16,17). The van der Waals surface area contributed by atoms with Crippen molar-refractivity contribution in [3.8, 4) is 5.88 Å². The van der Waals surface area contributed by atoms with Gasteiger partial charge in [0.1, 0.15) is 11.6 Å². The molecule has 1 aliphatic rings. The summed E-state index contributed by atoms with van der Waals surface area (Å²) >= 11 is 5.87. The van der Waals surface area contributed by atoms with E-state index in [0.29, 0.717) is 17.0 Å². The lowest BCUT2D eigenvalue weighted by Gasteiger charge is -2.28. The zero-order valence-corrected chi connectivity index (χ0v) is 11.4. The highest BCUT2D eigenvalue weighted by atomic mass is 35.5. The van der Waals surface area contributed by atoms with E-state index in [9.17, 15) is 0 Å². The highest BCUT2D eigenvalue weighted by molar-refractivity contribution is 6.28. The lowest BCUT2D eigenvalue weighted by Crippen LogP contribution is -2.29. The quantitative estimate of drug-likeness (QED) is 0.875. The van der Waals surface area contributed by atoms with Crippen molar-refractivity contribution in [1.29, 1.82) is 0 Å². The number of ether oxygens (including phenoxy) is 2. The van der Waals surface area contributed by atoms with Gasteiger partial charge in [-0.15, -0.1) is 0 Å². The molecule has 0 saturated heterocycles. The van der Waals surface area contributed by atoms with E-state index < -0.39 is 0 Å². The van der Waals surface area contributed by atoms with Crippen molar-refractivity contribution in [2.24, 2.45) is 0 Å². The van der Waals surface area contributed by atoms with Gasteiger partial charge in [0, 0.05) is 13.5 Å². The van der Waals surface area contributed by atoms with Crippen molar-refractivity contribution in [1.82, 2.24) is 19.9 Å². The Morgan fingerprint density at radius 1 is 1.32 bits per heavy atom. The second-order valence-electron chi connectivity index (χ2n) is 4.66. The molecule has 0 spiro atoms. The van der Waals surface area contributed by atoms with Crippen LogP contribution in [0.15, 0.2) is 6.33 Å². The Kier molecular flexibility index (Phi) is 3.52. The molecular formula is C12H15ClN4O2. The molecule has 1 fully saturated rings. The van der Waals surface area contributed by atoms with E-state index in [4.69, 9.17) is 21.1 Å². The van der Waals surface area contributed by atoms with Crippen LogP contribution in [-0.2, 0) is 4.74 Å². The first-order valence-corrected chi connectivity index (χ1v) is 6.70. The van der Waals surface area contributed by atoms with Gasteiger partial charge in [-0.2, -0.15) is 9.97 Å². The minimum atomic E-state index is 0.0937. The summed E-state index contributed by atoms with van der Waals surface area (Å²) in [5.41, 5.74) is 1.21. The van der Waals surface area contributed by atoms with Crippen LogP contribution in [0.1, 0.15) is 25.7 Å². The number of methoxy groups -OCH3 is 1. The van der Waals surface area contributed by atoms with Gasteiger partial charge in [-0.3, -0.25) is 0 Å². The second-order valence-corrected chi connectivity index (χ2v) is 5.00. The van der Waals surface area contributed by atoms with Crippen LogP contribution in [0.3, 0.4) is 0 Å². The number of nitrogens with zero attached hydrogens (tertiary/aromatic N) is 3. The van der Waals surface area contributed by atoms with E-state index in [1.807, 2.05) is 0 Å². The first-order chi connectivity index (χ1) is 9.26. The van der Waals surface area contributed by atoms with Crippen LogP contribution in [0.5, 0.6) is 5.88 Å². The topological polar surface area (TPSA) is 72.9 Å². The summed E-state index contributed by atoms with van der Waals surface area (Å²) < 4.78 is 11.3. The van der Waals surface area contributed by atoms with Gasteiger partial charge in [-0.1, -0.05) is 0 Å². The maximum absolute atomic E-state index is 5.95. The largest absolute Gasteiger partial charge is 0.473 e. The first kappa shape index (κ1) is 12.6. The molecule has 2 aromatic heterocycles. The molecule has 0 bridgehead atoms. The van der Waals surface area contributed by atoms with Gasteiger partial charge in [0.2, 0.25) is 11.2 Å². The Morgan fingerprint density at radius 3 is 3.00 bits per heavy atom. The van der Waals surface area contributed by atoms with Gasteiger partial charge in [-0.05, 0) is 30.9 Å². The summed E-state index contributed by atoms with van der Waals surface area (Å²) in [4.78, 5) is 15.2. The molecular weight excluding hydrogens is 268 g/mol. The van der Waals surface area contributed by atoms with Crippen molar-refractivity contribution in [3.63, 3.8) is 0 Å². The minimum Gasteiger partial charge on any atom is -0.473 e. The first-order valence-electron chi connectivity index (χ1n) is 6.32. The van der Waals surface area contributed by atoms with Crippen LogP contribution in [-0.4, -0.2) is 39.3 Å². The van der Waals surface area contributed by atoms with E-state index >= 15 is 0 Å². The molecule has 1 aliphatic carbocycles. The maximum Gasteiger partial charge on any atom is 0.244 e. The van der Waals surface area contributed by atoms with Crippen LogP contribution < -0.4 is 4.74 Å². The number of hydrogen-bond acceptors (Lipinski definition) is 5. The summed E-state index contributed by atoms with van der Waals surface area (Å²) in [6.07, 6.45) is 5.95. The highest BCUT2D eigenvalue weighted by Gasteiger charge is 2.24. The average Bonchev–Trinajstić information content (AvgIpc) is 2.87. The lowest BCUT2D eigenvalue weighted by atomic mass is 9.95. The van der Waals surface area contributed by atoms with Crippen molar-refractivity contribution < 1.29 is 9.47 Å². The average molecular weight is 283 g/mol. The number of fused-ring (bicyclic) bond motifs is 1. The molecule has 6 nitrogen and oxygen atoms in total. The van der Waals surface area contributed by atoms with E-state index in [-0.39, 0.29) is 17.5 Å². The zero-order valence-electron chi connectivity index (χ0n) is 10.6. The highest BCUT2D eigenvalue weighted by Crippen LogP contribution is 2.27. The fourth-order valence-electron chi connectivity index (χ4n) is 2.45. The summed E-state index contributed by atoms with van der Waals surface area (Å²) in [6.45, 7) is 0. The monoisotopic (exact) mass is 282 g/mol. The third-order valence-corrected chi connectivity index (χ3v) is 3.58. The molecule has 7 heteroatoms. The minimum absolute atomic E-state index is 0.0937. The van der Waals surface area contributed by atoms with E-state index in [2.05, 4.69) is 19.9 Å². The van der Waals surface area contributed by atoms with Crippen LogP contribution >= 0.6 is 11.6 Å². The van der Waals surface area contributed by atoms with Crippen molar-refractivity contribution in [2.75, 3.05) is 7.11 Å². The molecule has 1 N–H and O–H groups in total. The maximum atomic E-state index is 5.95. The fourth-order valence-corrected chi connectivity index (χ4v) is 2.60. The van der Waals surface area contributed by atoms with Gasteiger partial charge >= 0.3 is 0 Å². The summed E-state index contributed by atoms with van der Waals surface area (Å²) in [7, 11) is 1.74. The predicted octanol–water partition coefficient (Wildman–Crippen LogP) is 2.34. The predicted molar refractivity (Wildman–Crippen MR) is 70.4 cm³/mol. The van der Waals surface area contributed by atoms with E-state index in [1.54, 1.807) is 13.4 Å². The van der Waals surface area contributed by atoms with Gasteiger partial charge in [-0.25, -0.2) is 4.98 Å². The number of hydrogen-bond donors (Lipinski definition) is 1. The third kappa shape index (κ3) is 2.64. The van der Waals surface area contributed by atoms with Crippen LogP contribution in [0.2, 0.25) is 5.28 Å². The molecule has 2 unspecified atom stereocenters. The molecule has 2 heterocycles. The number of aromatic nitrogens is 4. The molecule has 3 rings (SSSR count). The van der Waals surface area contributed by atoms with Crippen LogP contribution in [0.4, 0.5) is 0 Å². The molecule has 0 radical (unpaired) electrons. The number of rotatable bonds is 3. The lowest BCUT2D eigenvalue weighted by molar-refractivity contribution is 0.0200. The van der Waals surface area contributed by atoms with Crippen LogP contribution in [0.25, 0.3) is 11.2 Å². The number of aromatic amines is 1. The molecule has 0 aliphatic heterocycles. The molecule has 0 aromatic carbocycles.